The highest BCUT2D eigenvalue weighted by Crippen LogP contribution is 2.21. The Morgan fingerprint density at radius 3 is 2.65 bits per heavy atom. The summed E-state index contributed by atoms with van der Waals surface area (Å²) in [5, 5.41) is 10.00. The van der Waals surface area contributed by atoms with E-state index in [1.54, 1.807) is 30.0 Å². The molecule has 0 bridgehead atoms. The van der Waals surface area contributed by atoms with Crippen molar-refractivity contribution in [1.29, 1.82) is 0 Å². The van der Waals surface area contributed by atoms with Crippen molar-refractivity contribution < 1.29 is 9.18 Å². The lowest BCUT2D eigenvalue weighted by Gasteiger charge is -2.04. The van der Waals surface area contributed by atoms with Crippen LogP contribution in [0.15, 0.2) is 64.6 Å². The number of benzene rings is 2. The predicted octanol–water partition coefficient (Wildman–Crippen LogP) is 3.61. The minimum atomic E-state index is -0.367. The van der Waals surface area contributed by atoms with Crippen LogP contribution in [-0.2, 0) is 4.79 Å². The number of aromatic amines is 1. The molecule has 26 heavy (non-hydrogen) atoms. The molecule has 134 valence electrons. The van der Waals surface area contributed by atoms with E-state index in [2.05, 4.69) is 20.5 Å². The third kappa shape index (κ3) is 5.34. The van der Waals surface area contributed by atoms with Gasteiger partial charge < -0.3 is 5.32 Å². The van der Waals surface area contributed by atoms with Crippen LogP contribution in [0.4, 0.5) is 4.39 Å². The van der Waals surface area contributed by atoms with Gasteiger partial charge in [-0.1, -0.05) is 42.1 Å². The van der Waals surface area contributed by atoms with E-state index in [4.69, 9.17) is 0 Å². The molecule has 0 aliphatic heterocycles. The lowest BCUT2D eigenvalue weighted by atomic mass is 10.2. The second kappa shape index (κ2) is 9.40. The van der Waals surface area contributed by atoms with Gasteiger partial charge >= 0.3 is 0 Å². The average molecular weight is 388 g/mol. The Morgan fingerprint density at radius 1 is 1.08 bits per heavy atom. The van der Waals surface area contributed by atoms with Gasteiger partial charge in [0.2, 0.25) is 11.1 Å². The standard InChI is InChI=1S/C18H17FN4OS2/c19-15-9-5-4-8-14(15)17-21-18(23-22-17)26-12-16(24)20-10-11-25-13-6-2-1-3-7-13/h1-9H,10-12H2,(H,20,24)(H,21,22,23). The molecular weight excluding hydrogens is 371 g/mol. The molecule has 8 heteroatoms. The number of amides is 1. The summed E-state index contributed by atoms with van der Waals surface area (Å²) in [7, 11) is 0. The lowest BCUT2D eigenvalue weighted by Crippen LogP contribution is -2.27. The summed E-state index contributed by atoms with van der Waals surface area (Å²) in [5.41, 5.74) is 0.356. The minimum Gasteiger partial charge on any atom is -0.355 e. The number of nitrogens with zero attached hydrogens (tertiary/aromatic N) is 2. The van der Waals surface area contributed by atoms with E-state index in [1.165, 1.54) is 22.7 Å². The number of nitrogens with one attached hydrogen (secondary N) is 2. The molecule has 5 nitrogen and oxygen atoms in total. The molecule has 0 unspecified atom stereocenters. The van der Waals surface area contributed by atoms with E-state index in [9.17, 15) is 9.18 Å². The Labute approximate surface area is 159 Å². The van der Waals surface area contributed by atoms with Crippen LogP contribution in [0.25, 0.3) is 11.4 Å². The molecule has 1 aromatic heterocycles. The quantitative estimate of drug-likeness (QED) is 0.456. The molecule has 2 N–H and O–H groups in total. The van der Waals surface area contributed by atoms with E-state index < -0.39 is 0 Å². The van der Waals surface area contributed by atoms with Crippen LogP contribution in [-0.4, -0.2) is 39.1 Å². The molecule has 0 saturated heterocycles. The fraction of sp³-hybridized carbons (Fsp3) is 0.167. The summed E-state index contributed by atoms with van der Waals surface area (Å²) in [6.07, 6.45) is 0. The first-order valence-corrected chi connectivity index (χ1v) is 9.94. The monoisotopic (exact) mass is 388 g/mol. The van der Waals surface area contributed by atoms with Crippen molar-refractivity contribution in [2.24, 2.45) is 0 Å². The summed E-state index contributed by atoms with van der Waals surface area (Å²) >= 11 is 2.90. The normalized spacial score (nSPS) is 10.7. The van der Waals surface area contributed by atoms with Gasteiger partial charge in [0.15, 0.2) is 5.82 Å². The second-order valence-electron chi connectivity index (χ2n) is 5.25. The van der Waals surface area contributed by atoms with Gasteiger partial charge in [-0.3, -0.25) is 9.89 Å². The van der Waals surface area contributed by atoms with E-state index in [1.807, 2.05) is 30.3 Å². The average Bonchev–Trinajstić information content (AvgIpc) is 3.13. The highest BCUT2D eigenvalue weighted by atomic mass is 32.2. The fourth-order valence-corrected chi connectivity index (χ4v) is 3.56. The number of hydrogen-bond acceptors (Lipinski definition) is 5. The van der Waals surface area contributed by atoms with Gasteiger partial charge in [-0.05, 0) is 24.3 Å². The molecule has 0 fully saturated rings. The number of aromatic nitrogens is 3. The molecule has 3 rings (SSSR count). The van der Waals surface area contributed by atoms with Crippen molar-refractivity contribution >= 4 is 29.4 Å². The maximum absolute atomic E-state index is 13.7. The number of rotatable bonds is 8. The first-order valence-electron chi connectivity index (χ1n) is 7.97. The molecule has 0 atom stereocenters. The Kier molecular flexibility index (Phi) is 6.68. The molecule has 1 heterocycles. The van der Waals surface area contributed by atoms with Crippen molar-refractivity contribution in [2.45, 2.75) is 10.1 Å². The van der Waals surface area contributed by atoms with Crippen LogP contribution in [0.3, 0.4) is 0 Å². The van der Waals surface area contributed by atoms with Crippen molar-refractivity contribution in [3.8, 4) is 11.4 Å². The third-order valence-corrected chi connectivity index (χ3v) is 5.22. The first kappa shape index (κ1) is 18.5. The number of carbonyl (C=O) groups is 1. The highest BCUT2D eigenvalue weighted by molar-refractivity contribution is 7.99. The maximum atomic E-state index is 13.7. The van der Waals surface area contributed by atoms with Gasteiger partial charge in [-0.25, -0.2) is 9.37 Å². The molecule has 3 aromatic rings. The molecule has 0 spiro atoms. The topological polar surface area (TPSA) is 70.7 Å². The van der Waals surface area contributed by atoms with E-state index >= 15 is 0 Å². The molecule has 0 radical (unpaired) electrons. The van der Waals surface area contributed by atoms with Crippen LogP contribution < -0.4 is 5.32 Å². The van der Waals surface area contributed by atoms with Crippen LogP contribution >= 0.6 is 23.5 Å². The number of hydrogen-bond donors (Lipinski definition) is 2. The zero-order chi connectivity index (χ0) is 18.2. The summed E-state index contributed by atoms with van der Waals surface area (Å²) in [4.78, 5) is 17.3. The molecular formula is C18H17FN4OS2. The third-order valence-electron chi connectivity index (χ3n) is 3.36. The van der Waals surface area contributed by atoms with Gasteiger partial charge in [0.25, 0.3) is 0 Å². The van der Waals surface area contributed by atoms with Crippen molar-refractivity contribution in [2.75, 3.05) is 18.1 Å². The van der Waals surface area contributed by atoms with Gasteiger partial charge in [0, 0.05) is 17.2 Å². The van der Waals surface area contributed by atoms with Crippen LogP contribution in [0.5, 0.6) is 0 Å². The Balaban J connectivity index is 1.40. The highest BCUT2D eigenvalue weighted by Gasteiger charge is 2.11. The van der Waals surface area contributed by atoms with Gasteiger partial charge in [-0.2, -0.15) is 0 Å². The van der Waals surface area contributed by atoms with E-state index in [-0.39, 0.29) is 17.5 Å². The number of thioether (sulfide) groups is 2. The Morgan fingerprint density at radius 2 is 1.85 bits per heavy atom. The van der Waals surface area contributed by atoms with Crippen LogP contribution in [0.1, 0.15) is 0 Å². The zero-order valence-electron chi connectivity index (χ0n) is 13.8. The Bertz CT molecular complexity index is 857. The summed E-state index contributed by atoms with van der Waals surface area (Å²) < 4.78 is 13.7. The van der Waals surface area contributed by atoms with Gasteiger partial charge in [-0.15, -0.1) is 16.9 Å². The van der Waals surface area contributed by atoms with Crippen molar-refractivity contribution in [3.63, 3.8) is 0 Å². The lowest BCUT2D eigenvalue weighted by molar-refractivity contribution is -0.118. The largest absolute Gasteiger partial charge is 0.355 e. The van der Waals surface area contributed by atoms with E-state index in [0.717, 1.165) is 5.75 Å². The maximum Gasteiger partial charge on any atom is 0.230 e. The number of H-pyrrole nitrogens is 1. The summed E-state index contributed by atoms with van der Waals surface area (Å²) in [6.45, 7) is 0.591. The minimum absolute atomic E-state index is 0.0825. The van der Waals surface area contributed by atoms with Crippen LogP contribution in [0.2, 0.25) is 0 Å². The zero-order valence-corrected chi connectivity index (χ0v) is 15.4. The predicted molar refractivity (Wildman–Crippen MR) is 103 cm³/mol. The molecule has 0 saturated carbocycles. The second-order valence-corrected chi connectivity index (χ2v) is 7.36. The van der Waals surface area contributed by atoms with Crippen LogP contribution in [0, 0.1) is 5.82 Å². The number of halogens is 1. The van der Waals surface area contributed by atoms with Crippen molar-refractivity contribution in [3.05, 3.63) is 60.4 Å². The first-order chi connectivity index (χ1) is 12.7. The van der Waals surface area contributed by atoms with Crippen molar-refractivity contribution in [1.82, 2.24) is 20.5 Å². The molecule has 0 aliphatic carbocycles. The smallest absolute Gasteiger partial charge is 0.230 e. The SMILES string of the molecule is O=C(CSc1n[nH]c(-c2ccccc2F)n1)NCCSc1ccccc1. The fourth-order valence-electron chi connectivity index (χ4n) is 2.14. The molecule has 1 amide bonds. The van der Waals surface area contributed by atoms with Gasteiger partial charge in [0.05, 0.1) is 11.3 Å². The summed E-state index contributed by atoms with van der Waals surface area (Å²) in [6, 6.07) is 16.4. The van der Waals surface area contributed by atoms with Gasteiger partial charge in [0.1, 0.15) is 5.82 Å². The number of carbonyl (C=O) groups excluding carboxylic acids is 1. The molecule has 2 aromatic carbocycles. The molecule has 0 aliphatic rings. The Hall–Kier alpha value is -2.32. The summed E-state index contributed by atoms with van der Waals surface area (Å²) in [5.74, 6) is 0.920. The van der Waals surface area contributed by atoms with E-state index in [0.29, 0.717) is 23.1 Å².